The molecule has 0 aliphatic carbocycles. The molecule has 5 rings (SSSR count). The minimum atomic E-state index is -1.12. The number of amides is 1. The van der Waals surface area contributed by atoms with Crippen molar-refractivity contribution in [3.63, 3.8) is 0 Å². The van der Waals surface area contributed by atoms with Crippen molar-refractivity contribution in [2.45, 2.75) is 18.2 Å². The Balaban J connectivity index is 1.90. The van der Waals surface area contributed by atoms with E-state index in [0.717, 1.165) is 0 Å². The van der Waals surface area contributed by atoms with Crippen molar-refractivity contribution in [1.29, 1.82) is 0 Å². The Morgan fingerprint density at radius 2 is 2.06 bits per heavy atom. The van der Waals surface area contributed by atoms with E-state index in [1.165, 1.54) is 40.4 Å². The van der Waals surface area contributed by atoms with Crippen LogP contribution in [0.5, 0.6) is 11.5 Å². The van der Waals surface area contributed by atoms with Crippen LogP contribution in [0.3, 0.4) is 0 Å². The predicted octanol–water partition coefficient (Wildman–Crippen LogP) is 2.76. The second-order valence-corrected chi connectivity index (χ2v) is 8.91. The van der Waals surface area contributed by atoms with Crippen LogP contribution in [-0.4, -0.2) is 34.0 Å². The first-order valence-electron chi connectivity index (χ1n) is 9.58. The summed E-state index contributed by atoms with van der Waals surface area (Å²) in [5.74, 6) is 0.146. The molecule has 0 spiro atoms. The molecule has 11 nitrogen and oxygen atoms in total. The van der Waals surface area contributed by atoms with E-state index in [1.807, 2.05) is 0 Å². The smallest absolute Gasteiger partial charge is 0.325 e. The van der Waals surface area contributed by atoms with Crippen molar-refractivity contribution in [2.75, 3.05) is 17.9 Å². The number of nitrogens with zero attached hydrogens (tertiary/aromatic N) is 4. The Kier molecular flexibility index (Phi) is 5.09. The summed E-state index contributed by atoms with van der Waals surface area (Å²) in [4.78, 5) is 41.7. The first-order valence-corrected chi connectivity index (χ1v) is 11.6. The van der Waals surface area contributed by atoms with Gasteiger partial charge in [-0.3, -0.25) is 24.7 Å². The summed E-state index contributed by atoms with van der Waals surface area (Å²) < 4.78 is 12.8. The maximum absolute atomic E-state index is 13.1. The third kappa shape index (κ3) is 3.35. The van der Waals surface area contributed by atoms with Crippen molar-refractivity contribution >= 4 is 45.0 Å². The van der Waals surface area contributed by atoms with Crippen LogP contribution in [0.4, 0.5) is 11.4 Å². The molecule has 3 aromatic rings. The molecule has 0 radical (unpaired) electrons. The highest BCUT2D eigenvalue weighted by Crippen LogP contribution is 2.45. The molecule has 3 heterocycles. The van der Waals surface area contributed by atoms with Crippen molar-refractivity contribution < 1.29 is 23.9 Å². The fourth-order valence-corrected chi connectivity index (χ4v) is 4.75. The van der Waals surface area contributed by atoms with Crippen molar-refractivity contribution in [1.82, 2.24) is 10.1 Å². The predicted molar refractivity (Wildman–Crippen MR) is 120 cm³/mol. The quantitative estimate of drug-likeness (QED) is 0.235. The molecule has 0 unspecified atom stereocenters. The van der Waals surface area contributed by atoms with E-state index >= 15 is 0 Å². The average Bonchev–Trinajstić information content (AvgIpc) is 3.24. The van der Waals surface area contributed by atoms with Gasteiger partial charge in [0.2, 0.25) is 17.9 Å². The lowest BCUT2D eigenvalue weighted by atomic mass is 10.00. The molecular weight excluding hydrogens is 518 g/mol. The number of nitrogens with one attached hydrogen (secondary N) is 1. The minimum Gasteiger partial charge on any atom is -0.454 e. The van der Waals surface area contributed by atoms with Crippen LogP contribution in [0.15, 0.2) is 44.8 Å². The topological polar surface area (TPSA) is 132 Å². The van der Waals surface area contributed by atoms with E-state index in [-0.39, 0.29) is 35.4 Å². The maximum atomic E-state index is 13.1. The fourth-order valence-electron chi connectivity index (χ4n) is 4.02. The van der Waals surface area contributed by atoms with E-state index in [1.54, 1.807) is 24.5 Å². The summed E-state index contributed by atoms with van der Waals surface area (Å²) in [6.07, 6.45) is 0.619. The number of halogens is 1. The van der Waals surface area contributed by atoms with Crippen molar-refractivity contribution in [2.24, 2.45) is 0 Å². The maximum Gasteiger partial charge on any atom is 0.325 e. The first-order chi connectivity index (χ1) is 15.8. The number of fused-ring (bicyclic) bond motifs is 4. The highest BCUT2D eigenvalue weighted by atomic mass is 79.9. The number of hydrogen-bond donors (Lipinski definition) is 1. The fraction of sp³-hybridized carbons (Fsp3) is 0.200. The molecule has 2 aromatic carbocycles. The SMILES string of the molecule is CSc1n[n+]2c(c(=O)[nH]1)-c1cc(Br)ccc1N(C(C)=O)[C@@H]2c1cc2c(cc1[N+](=O)[O-])OCO2. The molecule has 2 aliphatic rings. The number of thioether (sulfide) groups is 1. The molecule has 0 saturated carbocycles. The summed E-state index contributed by atoms with van der Waals surface area (Å²) in [5, 5.41) is 16.8. The molecular formula is C20H15BrN5O6S+. The number of hydrogen-bond acceptors (Lipinski definition) is 8. The molecule has 2 aliphatic heterocycles. The summed E-state index contributed by atoms with van der Waals surface area (Å²) in [6.45, 7) is 1.28. The normalized spacial score (nSPS) is 15.7. The summed E-state index contributed by atoms with van der Waals surface area (Å²) >= 11 is 4.61. The van der Waals surface area contributed by atoms with Gasteiger partial charge in [-0.25, -0.2) is 4.90 Å². The number of carbonyl (C=O) groups is 1. The van der Waals surface area contributed by atoms with E-state index < -0.39 is 16.6 Å². The lowest BCUT2D eigenvalue weighted by Crippen LogP contribution is -2.60. The second kappa shape index (κ2) is 7.85. The Morgan fingerprint density at radius 3 is 2.73 bits per heavy atom. The van der Waals surface area contributed by atoms with Crippen LogP contribution in [0.2, 0.25) is 0 Å². The zero-order valence-electron chi connectivity index (χ0n) is 17.2. The van der Waals surface area contributed by atoms with Gasteiger partial charge >= 0.3 is 11.3 Å². The van der Waals surface area contributed by atoms with E-state index in [9.17, 15) is 19.7 Å². The highest BCUT2D eigenvalue weighted by Gasteiger charge is 2.48. The minimum absolute atomic E-state index is 0.0772. The van der Waals surface area contributed by atoms with Gasteiger partial charge in [0.1, 0.15) is 5.56 Å². The first kappa shape index (κ1) is 21.4. The lowest BCUT2D eigenvalue weighted by molar-refractivity contribution is -0.763. The number of ether oxygens (including phenoxy) is 2. The molecule has 13 heteroatoms. The van der Waals surface area contributed by atoms with Crippen LogP contribution < -0.4 is 24.6 Å². The second-order valence-electron chi connectivity index (χ2n) is 7.20. The number of aromatic nitrogens is 3. The number of carbonyl (C=O) groups excluding carboxylic acids is 1. The van der Waals surface area contributed by atoms with Crippen LogP contribution in [-0.2, 0) is 4.79 Å². The molecule has 0 fully saturated rings. The number of benzene rings is 2. The van der Waals surface area contributed by atoms with Crippen LogP contribution in [0.1, 0.15) is 18.7 Å². The van der Waals surface area contributed by atoms with Gasteiger partial charge in [-0.05, 0) is 29.1 Å². The number of H-pyrrole nitrogens is 1. The molecule has 1 N–H and O–H groups in total. The lowest BCUT2D eigenvalue weighted by Gasteiger charge is -2.31. The zero-order valence-corrected chi connectivity index (χ0v) is 19.6. The third-order valence-electron chi connectivity index (χ3n) is 5.34. The Labute approximate surface area is 198 Å². The molecule has 0 bridgehead atoms. The Morgan fingerprint density at radius 1 is 1.33 bits per heavy atom. The van der Waals surface area contributed by atoms with Gasteiger partial charge < -0.3 is 9.47 Å². The monoisotopic (exact) mass is 532 g/mol. The molecule has 1 atom stereocenters. The summed E-state index contributed by atoms with van der Waals surface area (Å²) in [5.41, 5.74) is 0.447. The van der Waals surface area contributed by atoms with Gasteiger partial charge in [0, 0.05) is 22.6 Å². The standard InChI is InChI=1S/C20H14BrN5O6S/c1-9(27)24-13-4-3-10(21)5-11(13)17-18(28)22-20(33-2)23-25(17)19(24)12-6-15-16(32-8-31-15)7-14(12)26(29)30/h3-7,19H,8H2,1-2H3/p+1/t19-/m0/s1. The van der Waals surface area contributed by atoms with Crippen molar-refractivity contribution in [3.05, 3.63) is 60.8 Å². The largest absolute Gasteiger partial charge is 0.454 e. The van der Waals surface area contributed by atoms with Gasteiger partial charge in [-0.1, -0.05) is 27.7 Å². The third-order valence-corrected chi connectivity index (χ3v) is 6.41. The molecule has 1 amide bonds. The van der Waals surface area contributed by atoms with Gasteiger partial charge in [-0.15, -0.1) is 0 Å². The molecule has 33 heavy (non-hydrogen) atoms. The Bertz CT molecular complexity index is 1410. The van der Waals surface area contributed by atoms with Gasteiger partial charge in [0.15, 0.2) is 11.5 Å². The summed E-state index contributed by atoms with van der Waals surface area (Å²) in [7, 11) is 0. The van der Waals surface area contributed by atoms with Gasteiger partial charge in [-0.2, -0.15) is 0 Å². The Hall–Kier alpha value is -3.45. The van der Waals surface area contributed by atoms with Crippen molar-refractivity contribution in [3.8, 4) is 22.8 Å². The molecule has 1 aromatic heterocycles. The van der Waals surface area contributed by atoms with E-state index in [2.05, 4.69) is 26.0 Å². The number of nitro groups is 1. The molecule has 0 saturated heterocycles. The molecule has 168 valence electrons. The van der Waals surface area contributed by atoms with Crippen LogP contribution >= 0.6 is 27.7 Å². The summed E-state index contributed by atoms with van der Waals surface area (Å²) in [6, 6.07) is 7.84. The van der Waals surface area contributed by atoms with Crippen LogP contribution in [0.25, 0.3) is 11.3 Å². The number of aromatic amines is 1. The number of nitro benzene ring substituents is 1. The van der Waals surface area contributed by atoms with Crippen LogP contribution in [0, 0.1) is 10.1 Å². The number of rotatable bonds is 3. The van der Waals surface area contributed by atoms with Gasteiger partial charge in [0.25, 0.3) is 11.9 Å². The highest BCUT2D eigenvalue weighted by molar-refractivity contribution is 9.10. The average molecular weight is 533 g/mol. The van der Waals surface area contributed by atoms with E-state index in [0.29, 0.717) is 26.6 Å². The zero-order chi connectivity index (χ0) is 23.4. The number of anilines is 1. The van der Waals surface area contributed by atoms with Gasteiger partial charge in [0.05, 0.1) is 22.2 Å². The van der Waals surface area contributed by atoms with E-state index in [4.69, 9.17) is 9.47 Å².